The van der Waals surface area contributed by atoms with E-state index in [0.717, 1.165) is 40.9 Å². The molecule has 30 heavy (non-hydrogen) atoms. The van der Waals surface area contributed by atoms with Crippen molar-refractivity contribution < 1.29 is 18.9 Å². The molecular formula is C20H14N2O4S4. The van der Waals surface area contributed by atoms with Gasteiger partial charge in [-0.15, -0.1) is 45.3 Å². The van der Waals surface area contributed by atoms with Crippen molar-refractivity contribution in [1.29, 1.82) is 0 Å². The molecule has 0 aromatic carbocycles. The highest BCUT2D eigenvalue weighted by molar-refractivity contribution is 7.28. The summed E-state index contributed by atoms with van der Waals surface area (Å²) in [5.41, 5.74) is 1.48. The van der Waals surface area contributed by atoms with Gasteiger partial charge in [0, 0.05) is 0 Å². The number of thiazole rings is 2. The van der Waals surface area contributed by atoms with Crippen LogP contribution in [0.4, 0.5) is 0 Å². The molecule has 4 aromatic rings. The Bertz CT molecular complexity index is 1120. The highest BCUT2D eigenvalue weighted by Gasteiger charge is 2.69. The fraction of sp³-hybridized carbons (Fsp3) is 0.300. The monoisotopic (exact) mass is 474 g/mol. The minimum Gasteiger partial charge on any atom is -0.338 e. The van der Waals surface area contributed by atoms with E-state index >= 15 is 0 Å². The molecule has 0 atom stereocenters. The first-order chi connectivity index (χ1) is 14.8. The van der Waals surface area contributed by atoms with Crippen LogP contribution < -0.4 is 0 Å². The van der Waals surface area contributed by atoms with Gasteiger partial charge < -0.3 is 18.9 Å². The molecule has 0 N–H and O–H groups in total. The highest BCUT2D eigenvalue weighted by atomic mass is 32.1. The molecule has 2 fully saturated rings. The van der Waals surface area contributed by atoms with E-state index in [1.165, 1.54) is 0 Å². The molecule has 4 aromatic heterocycles. The van der Waals surface area contributed by atoms with Crippen molar-refractivity contribution in [3.05, 3.63) is 46.4 Å². The summed E-state index contributed by atoms with van der Waals surface area (Å²) in [6.07, 6.45) is 0. The van der Waals surface area contributed by atoms with E-state index < -0.39 is 11.6 Å². The van der Waals surface area contributed by atoms with Gasteiger partial charge >= 0.3 is 0 Å². The smallest absolute Gasteiger partial charge is 0.276 e. The van der Waals surface area contributed by atoms with E-state index in [2.05, 4.69) is 22.9 Å². The molecule has 3 aliphatic rings. The van der Waals surface area contributed by atoms with Crippen LogP contribution in [0.3, 0.4) is 0 Å². The first-order valence-corrected chi connectivity index (χ1v) is 12.9. The zero-order chi connectivity index (χ0) is 19.8. The number of nitrogens with zero attached hydrogens (tertiary/aromatic N) is 2. The lowest BCUT2D eigenvalue weighted by Gasteiger charge is -2.42. The van der Waals surface area contributed by atoms with E-state index in [-0.39, 0.29) is 0 Å². The summed E-state index contributed by atoms with van der Waals surface area (Å²) < 4.78 is 25.1. The molecule has 0 unspecified atom stereocenters. The van der Waals surface area contributed by atoms with Crippen LogP contribution in [-0.4, -0.2) is 36.4 Å². The number of hydrogen-bond donors (Lipinski definition) is 0. The summed E-state index contributed by atoms with van der Waals surface area (Å²) in [4.78, 5) is 14.3. The van der Waals surface area contributed by atoms with E-state index in [1.54, 1.807) is 45.3 Å². The minimum absolute atomic E-state index is 0.455. The molecule has 0 bridgehead atoms. The maximum absolute atomic E-state index is 6.28. The summed E-state index contributed by atoms with van der Waals surface area (Å²) in [6, 6.07) is 8.24. The number of ether oxygens (including phenoxy) is 4. The third-order valence-corrected chi connectivity index (χ3v) is 9.72. The summed E-state index contributed by atoms with van der Waals surface area (Å²) >= 11 is 6.65. The second-order valence-corrected chi connectivity index (χ2v) is 10.9. The van der Waals surface area contributed by atoms with Crippen molar-refractivity contribution >= 4 is 45.3 Å². The van der Waals surface area contributed by atoms with E-state index in [0.29, 0.717) is 26.4 Å². The fourth-order valence-electron chi connectivity index (χ4n) is 4.20. The second kappa shape index (κ2) is 6.50. The average Bonchev–Trinajstić information content (AvgIpc) is 3.59. The SMILES string of the molecule is c1csc(-c2nc3c(s2)-c2sc(-c4cccs4)nc2C2(OCCO2)C32OCCO2)c1. The average molecular weight is 475 g/mol. The molecule has 0 amide bonds. The molecule has 0 radical (unpaired) electrons. The van der Waals surface area contributed by atoms with Gasteiger partial charge in [-0.1, -0.05) is 12.1 Å². The Morgan fingerprint density at radius 1 is 0.667 bits per heavy atom. The third kappa shape index (κ3) is 2.25. The molecule has 2 spiro atoms. The van der Waals surface area contributed by atoms with Crippen LogP contribution >= 0.6 is 45.3 Å². The predicted molar refractivity (Wildman–Crippen MR) is 117 cm³/mol. The summed E-state index contributed by atoms with van der Waals surface area (Å²) in [5, 5.41) is 6.01. The maximum Gasteiger partial charge on any atom is 0.276 e. The Morgan fingerprint density at radius 3 is 1.47 bits per heavy atom. The van der Waals surface area contributed by atoms with Gasteiger partial charge in [0.15, 0.2) is 0 Å². The van der Waals surface area contributed by atoms with Gasteiger partial charge in [-0.25, -0.2) is 9.97 Å². The number of aromatic nitrogens is 2. The Morgan fingerprint density at radius 2 is 1.10 bits per heavy atom. The van der Waals surface area contributed by atoms with Crippen molar-refractivity contribution in [2.45, 2.75) is 11.6 Å². The van der Waals surface area contributed by atoms with Gasteiger partial charge in [0.25, 0.3) is 11.6 Å². The Labute approximate surface area is 187 Å². The molecule has 6 nitrogen and oxygen atoms in total. The van der Waals surface area contributed by atoms with Gasteiger partial charge in [-0.05, 0) is 22.9 Å². The lowest BCUT2D eigenvalue weighted by atomic mass is 9.90. The van der Waals surface area contributed by atoms with Crippen LogP contribution in [0.25, 0.3) is 29.5 Å². The first kappa shape index (κ1) is 18.1. The Balaban J connectivity index is 1.53. The largest absolute Gasteiger partial charge is 0.338 e. The van der Waals surface area contributed by atoms with Gasteiger partial charge in [-0.3, -0.25) is 0 Å². The molecule has 2 saturated heterocycles. The van der Waals surface area contributed by atoms with Crippen LogP contribution in [0.15, 0.2) is 35.0 Å². The molecule has 2 aliphatic heterocycles. The molecule has 10 heteroatoms. The molecular weight excluding hydrogens is 460 g/mol. The van der Waals surface area contributed by atoms with Crippen molar-refractivity contribution in [1.82, 2.24) is 9.97 Å². The minimum atomic E-state index is -1.24. The van der Waals surface area contributed by atoms with Crippen LogP contribution in [0.2, 0.25) is 0 Å². The fourth-order valence-corrected chi connectivity index (χ4v) is 8.13. The number of thiophene rings is 2. The predicted octanol–water partition coefficient (Wildman–Crippen LogP) is 5.14. The van der Waals surface area contributed by atoms with E-state index in [9.17, 15) is 0 Å². The van der Waals surface area contributed by atoms with E-state index in [1.807, 2.05) is 12.1 Å². The lowest BCUT2D eigenvalue weighted by Crippen LogP contribution is -2.53. The topological polar surface area (TPSA) is 62.7 Å². The summed E-state index contributed by atoms with van der Waals surface area (Å²) in [6.45, 7) is 1.82. The van der Waals surface area contributed by atoms with E-state index in [4.69, 9.17) is 28.9 Å². The van der Waals surface area contributed by atoms with Crippen LogP contribution in [0.1, 0.15) is 11.4 Å². The van der Waals surface area contributed by atoms with Crippen LogP contribution in [0.5, 0.6) is 0 Å². The summed E-state index contributed by atoms with van der Waals surface area (Å²) in [5.74, 6) is -2.47. The maximum atomic E-state index is 6.28. The number of fused-ring (bicyclic) bond motifs is 6. The van der Waals surface area contributed by atoms with Crippen molar-refractivity contribution in [2.75, 3.05) is 26.4 Å². The van der Waals surface area contributed by atoms with Crippen LogP contribution in [0, 0.1) is 0 Å². The molecule has 152 valence electrons. The van der Waals surface area contributed by atoms with Gasteiger partial charge in [0.1, 0.15) is 21.4 Å². The van der Waals surface area contributed by atoms with Gasteiger partial charge in [-0.2, -0.15) is 0 Å². The normalized spacial score (nSPS) is 20.8. The zero-order valence-corrected chi connectivity index (χ0v) is 18.7. The quantitative estimate of drug-likeness (QED) is 0.401. The van der Waals surface area contributed by atoms with Crippen molar-refractivity contribution in [2.24, 2.45) is 0 Å². The molecule has 1 aliphatic carbocycles. The lowest BCUT2D eigenvalue weighted by molar-refractivity contribution is -0.368. The molecule has 7 rings (SSSR count). The first-order valence-electron chi connectivity index (χ1n) is 9.47. The van der Waals surface area contributed by atoms with Gasteiger partial charge in [0.2, 0.25) is 0 Å². The highest BCUT2D eigenvalue weighted by Crippen LogP contribution is 2.62. The Hall–Kier alpha value is -1.50. The van der Waals surface area contributed by atoms with Crippen molar-refractivity contribution in [3.63, 3.8) is 0 Å². The molecule has 0 saturated carbocycles. The Kier molecular flexibility index (Phi) is 3.92. The van der Waals surface area contributed by atoms with Crippen molar-refractivity contribution in [3.8, 4) is 29.5 Å². The standard InChI is InChI=1S/C20H14N2O4S4/c1-3-11(27-9-1)17-21-15-13(29-17)14-16(22-18(30-14)12-4-2-10-28-12)20(25-7-8-26-20)19(15)23-5-6-24-19/h1-4,9-10H,5-8H2. The van der Waals surface area contributed by atoms with Crippen LogP contribution in [-0.2, 0) is 30.5 Å². The summed E-state index contributed by atoms with van der Waals surface area (Å²) in [7, 11) is 0. The number of hydrogen-bond acceptors (Lipinski definition) is 10. The molecule has 6 heterocycles. The van der Waals surface area contributed by atoms with Gasteiger partial charge in [0.05, 0.1) is 45.9 Å². The second-order valence-electron chi connectivity index (χ2n) is 6.98. The zero-order valence-electron chi connectivity index (χ0n) is 15.5. The number of rotatable bonds is 2. The third-order valence-electron chi connectivity index (χ3n) is 5.37.